The van der Waals surface area contributed by atoms with Gasteiger partial charge in [-0.05, 0) is 68.7 Å². The predicted molar refractivity (Wildman–Crippen MR) is 87.7 cm³/mol. The first-order valence-corrected chi connectivity index (χ1v) is 7.67. The molecule has 0 aliphatic carbocycles. The fourth-order valence-electron chi connectivity index (χ4n) is 1.75. The topological polar surface area (TPSA) is 30.5 Å². The fourth-order valence-corrected chi connectivity index (χ4v) is 2.64. The summed E-state index contributed by atoms with van der Waals surface area (Å²) in [6.45, 7) is 0.845. The lowest BCUT2D eigenvalue weighted by atomic mass is 10.2. The van der Waals surface area contributed by atoms with Crippen molar-refractivity contribution in [1.82, 2.24) is 5.32 Å². The van der Waals surface area contributed by atoms with E-state index in [9.17, 15) is 0 Å². The third-order valence-corrected chi connectivity index (χ3v) is 3.98. The van der Waals surface area contributed by atoms with Gasteiger partial charge in [-0.2, -0.15) is 0 Å². The van der Waals surface area contributed by atoms with Crippen molar-refractivity contribution in [1.29, 1.82) is 0 Å². The highest BCUT2D eigenvalue weighted by molar-refractivity contribution is 9.11. The van der Waals surface area contributed by atoms with Crippen LogP contribution in [0.25, 0.3) is 0 Å². The average molecular weight is 401 g/mol. The molecule has 0 aromatic heterocycles. The van der Waals surface area contributed by atoms with Crippen LogP contribution in [0.3, 0.4) is 0 Å². The average Bonchev–Trinajstić information content (AvgIpc) is 2.45. The second kappa shape index (κ2) is 7.11. The molecule has 5 heteroatoms. The number of nitrogens with one attached hydrogen (secondary N) is 1. The molecule has 0 fully saturated rings. The van der Waals surface area contributed by atoms with E-state index in [2.05, 4.69) is 37.2 Å². The third-order valence-electron chi connectivity index (χ3n) is 2.74. The molecule has 0 heterocycles. The first kappa shape index (κ1) is 15.4. The lowest BCUT2D eigenvalue weighted by molar-refractivity contribution is 0.409. The molecule has 0 saturated carbocycles. The molecule has 20 heavy (non-hydrogen) atoms. The first-order valence-electron chi connectivity index (χ1n) is 6.08. The Hall–Kier alpha value is -1.04. The summed E-state index contributed by atoms with van der Waals surface area (Å²) in [6, 6.07) is 11.7. The minimum absolute atomic E-state index is 0.735. The molecule has 0 spiro atoms. The number of halogens is 2. The minimum Gasteiger partial charge on any atom is -0.496 e. The number of benzene rings is 2. The molecule has 3 nitrogen and oxygen atoms in total. The van der Waals surface area contributed by atoms with Crippen LogP contribution in [0.2, 0.25) is 0 Å². The highest BCUT2D eigenvalue weighted by Crippen LogP contribution is 2.38. The molecule has 0 atom stereocenters. The van der Waals surface area contributed by atoms with Gasteiger partial charge in [-0.1, -0.05) is 12.1 Å². The fraction of sp³-hybridized carbons (Fsp3) is 0.200. The molecule has 0 amide bonds. The number of ether oxygens (including phenoxy) is 2. The number of hydrogen-bond acceptors (Lipinski definition) is 3. The van der Waals surface area contributed by atoms with E-state index in [1.807, 2.05) is 43.4 Å². The Morgan fingerprint density at radius 2 is 1.60 bits per heavy atom. The lowest BCUT2D eigenvalue weighted by Crippen LogP contribution is -2.04. The van der Waals surface area contributed by atoms with Gasteiger partial charge < -0.3 is 14.8 Å². The Morgan fingerprint density at radius 1 is 1.00 bits per heavy atom. The third kappa shape index (κ3) is 3.75. The molecule has 0 radical (unpaired) electrons. The maximum Gasteiger partial charge on any atom is 0.143 e. The molecule has 0 unspecified atom stereocenters. The zero-order valence-electron chi connectivity index (χ0n) is 11.2. The summed E-state index contributed by atoms with van der Waals surface area (Å²) in [5.41, 5.74) is 1.22. The van der Waals surface area contributed by atoms with Gasteiger partial charge in [0.05, 0.1) is 16.1 Å². The molecule has 2 aromatic rings. The quantitative estimate of drug-likeness (QED) is 0.786. The smallest absolute Gasteiger partial charge is 0.143 e. The van der Waals surface area contributed by atoms with Crippen molar-refractivity contribution in [2.75, 3.05) is 14.2 Å². The van der Waals surface area contributed by atoms with Gasteiger partial charge in [0.1, 0.15) is 17.2 Å². The van der Waals surface area contributed by atoms with Crippen molar-refractivity contribution in [3.63, 3.8) is 0 Å². The van der Waals surface area contributed by atoms with Crippen molar-refractivity contribution in [3.05, 3.63) is 50.9 Å². The van der Waals surface area contributed by atoms with Gasteiger partial charge in [-0.25, -0.2) is 0 Å². The van der Waals surface area contributed by atoms with Gasteiger partial charge in [0.15, 0.2) is 0 Å². The van der Waals surface area contributed by atoms with E-state index in [1.165, 1.54) is 5.56 Å². The Bertz CT molecular complexity index is 585. The Balaban J connectivity index is 2.19. The van der Waals surface area contributed by atoms with Gasteiger partial charge in [0, 0.05) is 6.54 Å². The molecular weight excluding hydrogens is 386 g/mol. The summed E-state index contributed by atoms with van der Waals surface area (Å²) in [5, 5.41) is 3.11. The van der Waals surface area contributed by atoms with Crippen molar-refractivity contribution in [3.8, 4) is 17.2 Å². The summed E-state index contributed by atoms with van der Waals surface area (Å²) in [6.07, 6.45) is 0. The zero-order chi connectivity index (χ0) is 14.5. The molecule has 106 valence electrons. The predicted octanol–water partition coefficient (Wildman–Crippen LogP) is 4.73. The first-order chi connectivity index (χ1) is 9.63. The van der Waals surface area contributed by atoms with Crippen LogP contribution < -0.4 is 14.8 Å². The van der Waals surface area contributed by atoms with Gasteiger partial charge in [-0.3, -0.25) is 0 Å². The number of hydrogen-bond donors (Lipinski definition) is 1. The molecule has 0 saturated heterocycles. The van der Waals surface area contributed by atoms with Crippen LogP contribution in [-0.4, -0.2) is 14.2 Å². The van der Waals surface area contributed by atoms with Crippen LogP contribution in [0, 0.1) is 0 Å². The van der Waals surface area contributed by atoms with E-state index < -0.39 is 0 Å². The standard InChI is InChI=1S/C15H15Br2NO2/c1-18-9-10-3-5-11(6-4-10)20-15-8-12(16)14(19-2)7-13(15)17/h3-8,18H,9H2,1-2H3. The van der Waals surface area contributed by atoms with E-state index in [4.69, 9.17) is 9.47 Å². The normalized spacial score (nSPS) is 10.4. The Labute approximate surface area is 135 Å². The lowest BCUT2D eigenvalue weighted by Gasteiger charge is -2.11. The van der Waals surface area contributed by atoms with Crippen LogP contribution in [0.1, 0.15) is 5.56 Å². The van der Waals surface area contributed by atoms with Gasteiger partial charge >= 0.3 is 0 Å². The van der Waals surface area contributed by atoms with Gasteiger partial charge in [0.25, 0.3) is 0 Å². The summed E-state index contributed by atoms with van der Waals surface area (Å²) < 4.78 is 12.8. The van der Waals surface area contributed by atoms with Crippen LogP contribution in [0.4, 0.5) is 0 Å². The minimum atomic E-state index is 0.735. The second-order valence-corrected chi connectivity index (χ2v) is 5.90. The molecular formula is C15H15Br2NO2. The summed E-state index contributed by atoms with van der Waals surface area (Å²) >= 11 is 6.94. The van der Waals surface area contributed by atoms with Crippen LogP contribution >= 0.6 is 31.9 Å². The molecule has 2 aromatic carbocycles. The van der Waals surface area contributed by atoms with E-state index in [0.717, 1.165) is 32.7 Å². The maximum atomic E-state index is 5.87. The summed E-state index contributed by atoms with van der Waals surface area (Å²) in [4.78, 5) is 0. The molecule has 0 bridgehead atoms. The van der Waals surface area contributed by atoms with Gasteiger partial charge in [-0.15, -0.1) is 0 Å². The molecule has 1 N–H and O–H groups in total. The zero-order valence-corrected chi connectivity index (χ0v) is 14.4. The highest BCUT2D eigenvalue weighted by atomic mass is 79.9. The summed E-state index contributed by atoms with van der Waals surface area (Å²) in [7, 11) is 3.56. The molecule has 0 aliphatic heterocycles. The number of methoxy groups -OCH3 is 1. The molecule has 0 aliphatic rings. The van der Waals surface area contributed by atoms with E-state index in [-0.39, 0.29) is 0 Å². The van der Waals surface area contributed by atoms with Crippen molar-refractivity contribution < 1.29 is 9.47 Å². The highest BCUT2D eigenvalue weighted by Gasteiger charge is 2.09. The van der Waals surface area contributed by atoms with Crippen molar-refractivity contribution in [2.24, 2.45) is 0 Å². The second-order valence-electron chi connectivity index (χ2n) is 4.19. The number of rotatable bonds is 5. The monoisotopic (exact) mass is 399 g/mol. The SMILES string of the molecule is CNCc1ccc(Oc2cc(Br)c(OC)cc2Br)cc1. The largest absolute Gasteiger partial charge is 0.496 e. The molecule has 2 rings (SSSR count). The maximum absolute atomic E-state index is 5.87. The van der Waals surface area contributed by atoms with Gasteiger partial charge in [0.2, 0.25) is 0 Å². The van der Waals surface area contributed by atoms with E-state index >= 15 is 0 Å². The van der Waals surface area contributed by atoms with Crippen molar-refractivity contribution in [2.45, 2.75) is 6.54 Å². The Morgan fingerprint density at radius 3 is 2.20 bits per heavy atom. The van der Waals surface area contributed by atoms with Crippen LogP contribution in [0.15, 0.2) is 45.3 Å². The van der Waals surface area contributed by atoms with E-state index in [0.29, 0.717) is 0 Å². The van der Waals surface area contributed by atoms with Crippen LogP contribution in [-0.2, 0) is 6.54 Å². The summed E-state index contributed by atoms with van der Waals surface area (Å²) in [5.74, 6) is 2.29. The Kier molecular flexibility index (Phi) is 5.46. The van der Waals surface area contributed by atoms with E-state index in [1.54, 1.807) is 7.11 Å². The van der Waals surface area contributed by atoms with Crippen molar-refractivity contribution >= 4 is 31.9 Å². The van der Waals surface area contributed by atoms with Crippen LogP contribution in [0.5, 0.6) is 17.2 Å².